The maximum atomic E-state index is 12.7. The molecule has 5 nitrogen and oxygen atoms in total. The van der Waals surface area contributed by atoms with Gasteiger partial charge in [-0.05, 0) is 60.7 Å². The lowest BCUT2D eigenvalue weighted by Gasteiger charge is -2.19. The Morgan fingerprint density at radius 3 is 2.31 bits per heavy atom. The maximum absolute atomic E-state index is 12.7. The zero-order chi connectivity index (χ0) is 18.9. The molecule has 1 saturated heterocycles. The van der Waals surface area contributed by atoms with Crippen molar-refractivity contribution in [2.24, 2.45) is 0 Å². The fourth-order valence-electron chi connectivity index (χ4n) is 3.15. The van der Waals surface area contributed by atoms with Gasteiger partial charge in [0.1, 0.15) is 0 Å². The van der Waals surface area contributed by atoms with Crippen LogP contribution in [0.2, 0.25) is 0 Å². The molecule has 0 bridgehead atoms. The summed E-state index contributed by atoms with van der Waals surface area (Å²) in [4.78, 5) is 13.8. The smallest absolute Gasteiger partial charge is 0.261 e. The van der Waals surface area contributed by atoms with Crippen molar-refractivity contribution in [3.05, 3.63) is 53.6 Å². The summed E-state index contributed by atoms with van der Waals surface area (Å²) in [6.07, 6.45) is 1.39. The van der Waals surface area contributed by atoms with Gasteiger partial charge < -0.3 is 4.90 Å². The van der Waals surface area contributed by atoms with Crippen molar-refractivity contribution in [1.29, 1.82) is 0 Å². The van der Waals surface area contributed by atoms with Gasteiger partial charge in [0, 0.05) is 24.3 Å². The molecule has 1 aliphatic rings. The van der Waals surface area contributed by atoms with Crippen LogP contribution in [0.25, 0.3) is 0 Å². The third kappa shape index (κ3) is 3.75. The average molecular weight is 372 g/mol. The molecule has 3 rings (SSSR count). The second-order valence-corrected chi connectivity index (χ2v) is 8.66. The van der Waals surface area contributed by atoms with Crippen LogP contribution in [0.5, 0.6) is 0 Å². The molecule has 2 aromatic rings. The van der Waals surface area contributed by atoms with Crippen molar-refractivity contribution in [3.8, 4) is 0 Å². The minimum atomic E-state index is -3.68. The minimum Gasteiger partial charge on any atom is -0.312 e. The van der Waals surface area contributed by atoms with E-state index >= 15 is 0 Å². The third-order valence-corrected chi connectivity index (χ3v) is 6.05. The average Bonchev–Trinajstić information content (AvgIpc) is 3.00. The molecule has 26 heavy (non-hydrogen) atoms. The van der Waals surface area contributed by atoms with Gasteiger partial charge in [-0.15, -0.1) is 0 Å². The number of carbonyl (C=O) groups is 1. The minimum absolute atomic E-state index is 0.0899. The van der Waals surface area contributed by atoms with Gasteiger partial charge in [0.25, 0.3) is 10.0 Å². The molecule has 0 saturated carbocycles. The number of aryl methyl sites for hydroxylation is 1. The molecule has 1 N–H and O–H groups in total. The first-order chi connectivity index (χ1) is 12.3. The number of anilines is 2. The van der Waals surface area contributed by atoms with E-state index in [4.69, 9.17) is 0 Å². The number of sulfonamides is 1. The lowest BCUT2D eigenvalue weighted by molar-refractivity contribution is -0.117. The molecule has 0 aliphatic carbocycles. The van der Waals surface area contributed by atoms with Crippen LogP contribution in [0.4, 0.5) is 11.4 Å². The second kappa shape index (κ2) is 7.11. The summed E-state index contributed by atoms with van der Waals surface area (Å²) in [6.45, 7) is 6.70. The fraction of sp³-hybridized carbons (Fsp3) is 0.350. The van der Waals surface area contributed by atoms with Gasteiger partial charge in [0.05, 0.1) is 4.90 Å². The van der Waals surface area contributed by atoms with Crippen LogP contribution >= 0.6 is 0 Å². The SMILES string of the molecule is Cc1cc(S(=O)(=O)Nc2ccc(C(C)C)cc2)ccc1N1CCCC1=O. The van der Waals surface area contributed by atoms with E-state index < -0.39 is 10.0 Å². The lowest BCUT2D eigenvalue weighted by Crippen LogP contribution is -2.24. The molecule has 0 unspecified atom stereocenters. The number of rotatable bonds is 5. The Balaban J connectivity index is 1.83. The van der Waals surface area contributed by atoms with E-state index in [2.05, 4.69) is 18.6 Å². The van der Waals surface area contributed by atoms with Crippen LogP contribution < -0.4 is 9.62 Å². The first kappa shape index (κ1) is 18.5. The Hall–Kier alpha value is -2.34. The molecule has 1 heterocycles. The Labute approximate surface area is 155 Å². The lowest BCUT2D eigenvalue weighted by atomic mass is 10.0. The van der Waals surface area contributed by atoms with E-state index in [-0.39, 0.29) is 10.8 Å². The van der Waals surface area contributed by atoms with Crippen molar-refractivity contribution in [3.63, 3.8) is 0 Å². The Bertz CT molecular complexity index is 919. The number of hydrogen-bond acceptors (Lipinski definition) is 3. The standard InChI is InChI=1S/C20H24N2O3S/c1-14(2)16-6-8-17(9-7-16)21-26(24,25)18-10-11-19(15(3)13-18)22-12-4-5-20(22)23/h6-11,13-14,21H,4-5,12H2,1-3H3. The van der Waals surface area contributed by atoms with Crippen LogP contribution in [0.1, 0.15) is 43.7 Å². The van der Waals surface area contributed by atoms with Crippen LogP contribution in [0, 0.1) is 6.92 Å². The highest BCUT2D eigenvalue weighted by atomic mass is 32.2. The van der Waals surface area contributed by atoms with Crippen LogP contribution in [-0.2, 0) is 14.8 Å². The number of amides is 1. The molecule has 0 spiro atoms. The zero-order valence-corrected chi connectivity index (χ0v) is 16.1. The third-order valence-electron chi connectivity index (χ3n) is 4.67. The molecule has 1 fully saturated rings. The summed E-state index contributed by atoms with van der Waals surface area (Å²) in [5, 5.41) is 0. The largest absolute Gasteiger partial charge is 0.312 e. The second-order valence-electron chi connectivity index (χ2n) is 6.98. The van der Waals surface area contributed by atoms with E-state index in [1.807, 2.05) is 19.1 Å². The first-order valence-corrected chi connectivity index (χ1v) is 10.3. The summed E-state index contributed by atoms with van der Waals surface area (Å²) in [6, 6.07) is 12.3. The highest BCUT2D eigenvalue weighted by molar-refractivity contribution is 7.92. The predicted octanol–water partition coefficient (Wildman–Crippen LogP) is 4.05. The van der Waals surface area contributed by atoms with Gasteiger partial charge in [-0.1, -0.05) is 26.0 Å². The van der Waals surface area contributed by atoms with Gasteiger partial charge in [-0.2, -0.15) is 0 Å². The van der Waals surface area contributed by atoms with Gasteiger partial charge in [0.2, 0.25) is 5.91 Å². The predicted molar refractivity (Wildman–Crippen MR) is 104 cm³/mol. The summed E-state index contributed by atoms with van der Waals surface area (Å²) >= 11 is 0. The quantitative estimate of drug-likeness (QED) is 0.861. The highest BCUT2D eigenvalue weighted by Crippen LogP contribution is 2.28. The van der Waals surface area contributed by atoms with Crippen molar-refractivity contribution in [1.82, 2.24) is 0 Å². The number of hydrogen-bond donors (Lipinski definition) is 1. The molecule has 0 aromatic heterocycles. The Morgan fingerprint density at radius 2 is 1.77 bits per heavy atom. The van der Waals surface area contributed by atoms with Gasteiger partial charge in [0.15, 0.2) is 0 Å². The summed E-state index contributed by atoms with van der Waals surface area (Å²) in [5.74, 6) is 0.483. The number of nitrogens with one attached hydrogen (secondary N) is 1. The maximum Gasteiger partial charge on any atom is 0.261 e. The molecular weight excluding hydrogens is 348 g/mol. The van der Waals surface area contributed by atoms with E-state index in [0.29, 0.717) is 24.6 Å². The van der Waals surface area contributed by atoms with Gasteiger partial charge in [-0.25, -0.2) is 8.42 Å². The number of carbonyl (C=O) groups excluding carboxylic acids is 1. The van der Waals surface area contributed by atoms with E-state index in [1.54, 1.807) is 35.2 Å². The molecule has 0 atom stereocenters. The van der Waals surface area contributed by atoms with Gasteiger partial charge in [-0.3, -0.25) is 9.52 Å². The zero-order valence-electron chi connectivity index (χ0n) is 15.3. The van der Waals surface area contributed by atoms with Gasteiger partial charge >= 0.3 is 0 Å². The summed E-state index contributed by atoms with van der Waals surface area (Å²) in [5.41, 5.74) is 3.25. The summed E-state index contributed by atoms with van der Waals surface area (Å²) in [7, 11) is -3.68. The molecule has 138 valence electrons. The number of nitrogens with zero attached hydrogens (tertiary/aromatic N) is 1. The highest BCUT2D eigenvalue weighted by Gasteiger charge is 2.24. The van der Waals surface area contributed by atoms with Crippen molar-refractivity contribution in [2.45, 2.75) is 44.4 Å². The number of benzene rings is 2. The molecular formula is C20H24N2O3S. The molecule has 1 amide bonds. The topological polar surface area (TPSA) is 66.5 Å². The van der Waals surface area contributed by atoms with E-state index in [1.165, 1.54) is 0 Å². The Kier molecular flexibility index (Phi) is 5.05. The van der Waals surface area contributed by atoms with Crippen LogP contribution in [0.3, 0.4) is 0 Å². The van der Waals surface area contributed by atoms with Crippen molar-refractivity contribution < 1.29 is 13.2 Å². The molecule has 1 aliphatic heterocycles. The molecule has 2 aromatic carbocycles. The fourth-order valence-corrected chi connectivity index (χ4v) is 4.29. The van der Waals surface area contributed by atoms with E-state index in [9.17, 15) is 13.2 Å². The Morgan fingerprint density at radius 1 is 1.08 bits per heavy atom. The molecule has 6 heteroatoms. The van der Waals surface area contributed by atoms with Crippen LogP contribution in [0.15, 0.2) is 47.4 Å². The first-order valence-electron chi connectivity index (χ1n) is 8.82. The van der Waals surface area contributed by atoms with Crippen LogP contribution in [-0.4, -0.2) is 20.9 Å². The van der Waals surface area contributed by atoms with Crippen molar-refractivity contribution >= 4 is 27.3 Å². The van der Waals surface area contributed by atoms with Crippen molar-refractivity contribution in [2.75, 3.05) is 16.2 Å². The monoisotopic (exact) mass is 372 g/mol. The molecule has 0 radical (unpaired) electrons. The normalized spacial score (nSPS) is 14.9. The van der Waals surface area contributed by atoms with E-state index in [0.717, 1.165) is 23.2 Å². The summed E-state index contributed by atoms with van der Waals surface area (Å²) < 4.78 is 28.0.